The molecule has 1 aromatic rings. The van der Waals surface area contributed by atoms with Gasteiger partial charge in [0, 0.05) is 13.1 Å². The molecule has 1 aliphatic rings. The van der Waals surface area contributed by atoms with Gasteiger partial charge in [-0.25, -0.2) is 13.2 Å². The van der Waals surface area contributed by atoms with Crippen LogP contribution in [0.15, 0.2) is 21.9 Å². The van der Waals surface area contributed by atoms with E-state index in [0.717, 1.165) is 16.9 Å². The van der Waals surface area contributed by atoms with Gasteiger partial charge in [-0.2, -0.15) is 4.31 Å². The number of rotatable bonds is 3. The van der Waals surface area contributed by atoms with Crippen LogP contribution >= 0.6 is 11.3 Å². The number of carboxylic acids is 1. The topological polar surface area (TPSA) is 74.7 Å². The maximum atomic E-state index is 12.6. The Morgan fingerprint density at radius 2 is 2.11 bits per heavy atom. The number of aryl methyl sites for hydroxylation is 1. The average Bonchev–Trinajstić information content (AvgIpc) is 2.72. The highest BCUT2D eigenvalue weighted by Gasteiger charge is 2.32. The van der Waals surface area contributed by atoms with Crippen molar-refractivity contribution in [1.82, 2.24) is 4.31 Å². The number of carbonyl (C=O) groups is 1. The normalized spacial score (nSPS) is 17.3. The summed E-state index contributed by atoms with van der Waals surface area (Å²) in [5.41, 5.74) is 1.48. The van der Waals surface area contributed by atoms with Crippen LogP contribution in [0.5, 0.6) is 0 Å². The predicted octanol–water partition coefficient (Wildman–Crippen LogP) is 2.10. The average molecular weight is 301 g/mol. The lowest BCUT2D eigenvalue weighted by molar-refractivity contribution is 0.0698. The molecule has 0 unspecified atom stereocenters. The van der Waals surface area contributed by atoms with Gasteiger partial charge < -0.3 is 5.11 Å². The van der Waals surface area contributed by atoms with Crippen molar-refractivity contribution in [2.45, 2.75) is 25.2 Å². The van der Waals surface area contributed by atoms with E-state index in [9.17, 15) is 13.2 Å². The molecule has 104 valence electrons. The summed E-state index contributed by atoms with van der Waals surface area (Å²) in [4.78, 5) is 11.0. The first kappa shape index (κ1) is 14.2. The van der Waals surface area contributed by atoms with Gasteiger partial charge in [-0.1, -0.05) is 11.6 Å². The Morgan fingerprint density at radius 1 is 1.42 bits per heavy atom. The van der Waals surface area contributed by atoms with Gasteiger partial charge >= 0.3 is 5.97 Å². The lowest BCUT2D eigenvalue weighted by atomic mass is 10.2. The lowest BCUT2D eigenvalue weighted by Crippen LogP contribution is -2.36. The van der Waals surface area contributed by atoms with E-state index in [1.807, 2.05) is 13.0 Å². The molecule has 0 aliphatic carbocycles. The number of carboxylic acid groups (broad SMARTS) is 1. The minimum atomic E-state index is -3.74. The molecular weight excluding hydrogens is 286 g/mol. The molecule has 0 radical (unpaired) electrons. The van der Waals surface area contributed by atoms with E-state index in [4.69, 9.17) is 5.11 Å². The maximum absolute atomic E-state index is 12.6. The quantitative estimate of drug-likeness (QED) is 0.868. The molecule has 0 spiro atoms. The molecule has 2 heterocycles. The second-order valence-corrected chi connectivity index (χ2v) is 7.31. The van der Waals surface area contributed by atoms with Crippen LogP contribution in [0.3, 0.4) is 0 Å². The Balaban J connectivity index is 2.48. The second-order valence-electron chi connectivity index (χ2n) is 4.56. The number of sulfonamides is 1. The zero-order valence-corrected chi connectivity index (χ0v) is 12.3. The van der Waals surface area contributed by atoms with Gasteiger partial charge in [0.1, 0.15) is 9.77 Å². The molecule has 2 rings (SSSR count). The summed E-state index contributed by atoms with van der Waals surface area (Å²) in [6.07, 6.45) is 2.67. The van der Waals surface area contributed by atoms with Crippen molar-refractivity contribution in [3.05, 3.63) is 27.5 Å². The van der Waals surface area contributed by atoms with Crippen molar-refractivity contribution in [3.63, 3.8) is 0 Å². The maximum Gasteiger partial charge on any atom is 0.347 e. The van der Waals surface area contributed by atoms with Crippen LogP contribution < -0.4 is 0 Å². The minimum Gasteiger partial charge on any atom is -0.477 e. The van der Waals surface area contributed by atoms with Crippen LogP contribution in [0.2, 0.25) is 0 Å². The molecule has 0 bridgehead atoms. The third-order valence-electron chi connectivity index (χ3n) is 3.01. The van der Waals surface area contributed by atoms with Gasteiger partial charge in [0.15, 0.2) is 0 Å². The first-order chi connectivity index (χ1) is 8.84. The Labute approximate surface area is 116 Å². The molecule has 0 saturated carbocycles. The summed E-state index contributed by atoms with van der Waals surface area (Å²) in [5.74, 6) is -1.19. The van der Waals surface area contributed by atoms with Crippen LogP contribution in [0.4, 0.5) is 0 Å². The Kier molecular flexibility index (Phi) is 3.80. The number of hydrogen-bond donors (Lipinski definition) is 1. The van der Waals surface area contributed by atoms with E-state index >= 15 is 0 Å². The van der Waals surface area contributed by atoms with Gasteiger partial charge in [-0.05, 0) is 31.2 Å². The SMILES string of the molecule is CC1=CCCN(S(=O)(=O)c2c(C)csc2C(=O)O)C1. The fourth-order valence-electron chi connectivity index (χ4n) is 2.11. The highest BCUT2D eigenvalue weighted by Crippen LogP contribution is 2.30. The van der Waals surface area contributed by atoms with E-state index in [0.29, 0.717) is 25.1 Å². The Morgan fingerprint density at radius 3 is 2.68 bits per heavy atom. The molecule has 7 heteroatoms. The van der Waals surface area contributed by atoms with Gasteiger partial charge in [-0.3, -0.25) is 0 Å². The van der Waals surface area contributed by atoms with E-state index < -0.39 is 16.0 Å². The standard InChI is InChI=1S/C12H15NO4S2/c1-8-4-3-5-13(6-8)19(16,17)11-9(2)7-18-10(11)12(14)15/h4,7H,3,5-6H2,1-2H3,(H,14,15). The number of thiophene rings is 1. The lowest BCUT2D eigenvalue weighted by Gasteiger charge is -2.25. The highest BCUT2D eigenvalue weighted by molar-refractivity contribution is 7.89. The molecule has 1 aliphatic heterocycles. The third kappa shape index (κ3) is 2.58. The number of nitrogens with zero attached hydrogens (tertiary/aromatic N) is 1. The van der Waals surface area contributed by atoms with Crippen LogP contribution in [0, 0.1) is 6.92 Å². The van der Waals surface area contributed by atoms with E-state index in [2.05, 4.69) is 0 Å². The molecule has 1 aromatic heterocycles. The zero-order valence-electron chi connectivity index (χ0n) is 10.7. The summed E-state index contributed by atoms with van der Waals surface area (Å²) in [7, 11) is -3.74. The Hall–Kier alpha value is -1.18. The van der Waals surface area contributed by atoms with Crippen LogP contribution in [0.25, 0.3) is 0 Å². The second kappa shape index (κ2) is 5.07. The van der Waals surface area contributed by atoms with Crippen LogP contribution in [-0.4, -0.2) is 36.9 Å². The summed E-state index contributed by atoms with van der Waals surface area (Å²) < 4.78 is 26.5. The van der Waals surface area contributed by atoms with E-state index in [1.54, 1.807) is 12.3 Å². The zero-order chi connectivity index (χ0) is 14.2. The monoisotopic (exact) mass is 301 g/mol. The smallest absolute Gasteiger partial charge is 0.347 e. The van der Waals surface area contributed by atoms with Crippen molar-refractivity contribution >= 4 is 27.3 Å². The first-order valence-corrected chi connectivity index (χ1v) is 8.13. The molecule has 5 nitrogen and oxygen atoms in total. The molecule has 0 saturated heterocycles. The predicted molar refractivity (Wildman–Crippen MR) is 73.1 cm³/mol. The van der Waals surface area contributed by atoms with Gasteiger partial charge in [0.2, 0.25) is 10.0 Å². The van der Waals surface area contributed by atoms with Crippen LogP contribution in [-0.2, 0) is 10.0 Å². The van der Waals surface area contributed by atoms with Crippen molar-refractivity contribution in [2.24, 2.45) is 0 Å². The van der Waals surface area contributed by atoms with E-state index in [-0.39, 0.29) is 9.77 Å². The molecule has 1 N–H and O–H groups in total. The van der Waals surface area contributed by atoms with Crippen LogP contribution in [0.1, 0.15) is 28.6 Å². The molecular formula is C12H15NO4S2. The van der Waals surface area contributed by atoms with Crippen molar-refractivity contribution in [3.8, 4) is 0 Å². The Bertz CT molecular complexity index is 643. The summed E-state index contributed by atoms with van der Waals surface area (Å²) in [6.45, 7) is 4.23. The van der Waals surface area contributed by atoms with E-state index in [1.165, 1.54) is 4.31 Å². The number of hydrogen-bond acceptors (Lipinski definition) is 4. The minimum absolute atomic E-state index is 0.0558. The largest absolute Gasteiger partial charge is 0.477 e. The molecule has 0 aromatic carbocycles. The van der Waals surface area contributed by atoms with Crippen molar-refractivity contribution in [2.75, 3.05) is 13.1 Å². The van der Waals surface area contributed by atoms with Gasteiger partial charge in [0.25, 0.3) is 0 Å². The molecule has 0 atom stereocenters. The fraction of sp³-hybridized carbons (Fsp3) is 0.417. The molecule has 0 fully saturated rings. The number of aromatic carboxylic acids is 1. The molecule has 19 heavy (non-hydrogen) atoms. The van der Waals surface area contributed by atoms with Gasteiger partial charge in [0.05, 0.1) is 0 Å². The first-order valence-electron chi connectivity index (χ1n) is 5.81. The van der Waals surface area contributed by atoms with Crippen molar-refractivity contribution in [1.29, 1.82) is 0 Å². The highest BCUT2D eigenvalue weighted by atomic mass is 32.2. The summed E-state index contributed by atoms with van der Waals surface area (Å²) in [5, 5.41) is 10.7. The molecule has 0 amide bonds. The fourth-order valence-corrected chi connectivity index (χ4v) is 5.19. The summed E-state index contributed by atoms with van der Waals surface area (Å²) >= 11 is 0.956. The van der Waals surface area contributed by atoms with Gasteiger partial charge in [-0.15, -0.1) is 11.3 Å². The summed E-state index contributed by atoms with van der Waals surface area (Å²) in [6, 6.07) is 0. The van der Waals surface area contributed by atoms with Crippen molar-refractivity contribution < 1.29 is 18.3 Å². The third-order valence-corrected chi connectivity index (χ3v) is 6.26.